The predicted molar refractivity (Wildman–Crippen MR) is 64.7 cm³/mol. The third-order valence-electron chi connectivity index (χ3n) is 2.56. The Kier molecular flexibility index (Phi) is 3.97. The van der Waals surface area contributed by atoms with Gasteiger partial charge in [0.2, 0.25) is 0 Å². The van der Waals surface area contributed by atoms with Gasteiger partial charge in [-0.1, -0.05) is 12.1 Å². The second-order valence-corrected chi connectivity index (χ2v) is 4.00. The molecule has 0 saturated heterocycles. The van der Waals surface area contributed by atoms with E-state index >= 15 is 0 Å². The Bertz CT molecular complexity index is 544. The highest BCUT2D eigenvalue weighted by Gasteiger charge is 2.12. The van der Waals surface area contributed by atoms with Crippen LogP contribution in [0.5, 0.6) is 11.5 Å². The largest absolute Gasteiger partial charge is 0.508 e. The molecular weight excluding hydrogens is 254 g/mol. The van der Waals surface area contributed by atoms with Crippen LogP contribution >= 0.6 is 0 Å². The van der Waals surface area contributed by atoms with Gasteiger partial charge in [-0.05, 0) is 35.4 Å². The molecule has 19 heavy (non-hydrogen) atoms. The highest BCUT2D eigenvalue weighted by molar-refractivity contribution is 5.32. The molecule has 0 spiro atoms. The number of hydrogen-bond acceptors (Lipinski definition) is 3. The zero-order valence-corrected chi connectivity index (χ0v) is 9.94. The molecule has 0 radical (unpaired) electrons. The molecule has 0 heterocycles. The minimum atomic E-state index is -0.858. The number of phenols is 1. The van der Waals surface area contributed by atoms with Gasteiger partial charge in [0.15, 0.2) is 17.4 Å². The van der Waals surface area contributed by atoms with Crippen LogP contribution in [0.2, 0.25) is 0 Å². The highest BCUT2D eigenvalue weighted by atomic mass is 19.1. The van der Waals surface area contributed by atoms with Gasteiger partial charge in [0.1, 0.15) is 12.4 Å². The van der Waals surface area contributed by atoms with Gasteiger partial charge in [-0.2, -0.15) is 0 Å². The molecule has 2 aromatic rings. The number of benzene rings is 2. The van der Waals surface area contributed by atoms with Crippen molar-refractivity contribution in [2.75, 3.05) is 0 Å². The third kappa shape index (κ3) is 3.20. The Hall–Kier alpha value is -2.14. The van der Waals surface area contributed by atoms with Crippen molar-refractivity contribution in [1.29, 1.82) is 0 Å². The number of rotatable bonds is 4. The second-order valence-electron chi connectivity index (χ2n) is 4.00. The van der Waals surface area contributed by atoms with Crippen LogP contribution in [0, 0.1) is 11.6 Å². The molecule has 2 rings (SSSR count). The van der Waals surface area contributed by atoms with Gasteiger partial charge in [-0.3, -0.25) is 0 Å². The minimum absolute atomic E-state index is 0.0212. The third-order valence-corrected chi connectivity index (χ3v) is 2.56. The first kappa shape index (κ1) is 13.3. The van der Waals surface area contributed by atoms with Crippen molar-refractivity contribution in [1.82, 2.24) is 0 Å². The molecule has 0 amide bonds. The summed E-state index contributed by atoms with van der Waals surface area (Å²) < 4.78 is 32.2. The van der Waals surface area contributed by atoms with E-state index in [9.17, 15) is 8.78 Å². The van der Waals surface area contributed by atoms with Gasteiger partial charge in [0.05, 0.1) is 6.61 Å². The fourth-order valence-corrected chi connectivity index (χ4v) is 1.59. The van der Waals surface area contributed by atoms with Crippen LogP contribution in [0.25, 0.3) is 0 Å². The smallest absolute Gasteiger partial charge is 0.191 e. The van der Waals surface area contributed by atoms with E-state index in [0.717, 1.165) is 12.1 Å². The van der Waals surface area contributed by atoms with Crippen LogP contribution < -0.4 is 4.74 Å². The van der Waals surface area contributed by atoms with E-state index in [1.807, 2.05) is 0 Å². The van der Waals surface area contributed by atoms with Crippen LogP contribution in [0.15, 0.2) is 36.4 Å². The van der Waals surface area contributed by atoms with Crippen LogP contribution in [0.1, 0.15) is 11.1 Å². The average molecular weight is 266 g/mol. The second kappa shape index (κ2) is 5.67. The van der Waals surface area contributed by atoms with Crippen molar-refractivity contribution in [2.45, 2.75) is 13.2 Å². The van der Waals surface area contributed by atoms with Crippen molar-refractivity contribution < 1.29 is 23.7 Å². The van der Waals surface area contributed by atoms with E-state index < -0.39 is 24.0 Å². The van der Waals surface area contributed by atoms with Crippen molar-refractivity contribution in [3.63, 3.8) is 0 Å². The summed E-state index contributed by atoms with van der Waals surface area (Å²) in [5.74, 6) is -2.09. The molecule has 0 unspecified atom stereocenters. The highest BCUT2D eigenvalue weighted by Crippen LogP contribution is 2.24. The lowest BCUT2D eigenvalue weighted by atomic mass is 10.2. The summed E-state index contributed by atoms with van der Waals surface area (Å²) in [5.41, 5.74) is 0.815. The van der Waals surface area contributed by atoms with Crippen molar-refractivity contribution >= 4 is 0 Å². The fraction of sp³-hybridized carbons (Fsp3) is 0.143. The average Bonchev–Trinajstić information content (AvgIpc) is 2.39. The Labute approximate surface area is 108 Å². The normalized spacial score (nSPS) is 10.5. The van der Waals surface area contributed by atoms with Crippen LogP contribution in [-0.4, -0.2) is 10.2 Å². The van der Waals surface area contributed by atoms with E-state index in [4.69, 9.17) is 14.9 Å². The van der Waals surface area contributed by atoms with Gasteiger partial charge in [0.25, 0.3) is 0 Å². The summed E-state index contributed by atoms with van der Waals surface area (Å²) in [4.78, 5) is 0. The van der Waals surface area contributed by atoms with Gasteiger partial charge >= 0.3 is 0 Å². The Morgan fingerprint density at radius 1 is 0.947 bits per heavy atom. The number of aromatic hydroxyl groups is 1. The van der Waals surface area contributed by atoms with Gasteiger partial charge in [-0.25, -0.2) is 8.78 Å². The molecule has 3 nitrogen and oxygen atoms in total. The lowest BCUT2D eigenvalue weighted by Gasteiger charge is -2.09. The van der Waals surface area contributed by atoms with E-state index in [-0.39, 0.29) is 17.9 Å². The SMILES string of the molecule is OCc1cc(F)c(OCc2ccc(O)cc2)c(F)c1. The molecule has 0 aliphatic rings. The predicted octanol–water partition coefficient (Wildman–Crippen LogP) is 2.74. The van der Waals surface area contributed by atoms with Gasteiger partial charge < -0.3 is 14.9 Å². The number of ether oxygens (including phenoxy) is 1. The number of phenolic OH excluding ortho intramolecular Hbond substituents is 1. The molecule has 0 fully saturated rings. The Balaban J connectivity index is 2.13. The van der Waals surface area contributed by atoms with E-state index in [1.165, 1.54) is 12.1 Å². The zero-order valence-electron chi connectivity index (χ0n) is 9.94. The number of aliphatic hydroxyl groups excluding tert-OH is 1. The zero-order chi connectivity index (χ0) is 13.8. The maximum Gasteiger partial charge on any atom is 0.191 e. The summed E-state index contributed by atoms with van der Waals surface area (Å²) in [6.07, 6.45) is 0. The Morgan fingerprint density at radius 3 is 2.05 bits per heavy atom. The molecule has 100 valence electrons. The molecule has 0 saturated carbocycles. The molecule has 2 aromatic carbocycles. The first-order valence-electron chi connectivity index (χ1n) is 5.59. The van der Waals surface area contributed by atoms with Crippen LogP contribution in [-0.2, 0) is 13.2 Å². The molecule has 2 N–H and O–H groups in total. The number of hydrogen-bond donors (Lipinski definition) is 2. The monoisotopic (exact) mass is 266 g/mol. The van der Waals surface area contributed by atoms with Crippen molar-refractivity contribution in [3.8, 4) is 11.5 Å². The molecule has 0 atom stereocenters. The summed E-state index contributed by atoms with van der Waals surface area (Å²) in [7, 11) is 0. The van der Waals surface area contributed by atoms with E-state index in [0.29, 0.717) is 5.56 Å². The molecule has 0 aliphatic heterocycles. The first-order valence-corrected chi connectivity index (χ1v) is 5.59. The van der Waals surface area contributed by atoms with Crippen LogP contribution in [0.3, 0.4) is 0 Å². The number of aliphatic hydroxyl groups is 1. The molecule has 5 heteroatoms. The fourth-order valence-electron chi connectivity index (χ4n) is 1.59. The lowest BCUT2D eigenvalue weighted by Crippen LogP contribution is -2.01. The van der Waals surface area contributed by atoms with E-state index in [1.54, 1.807) is 12.1 Å². The molecule has 0 aliphatic carbocycles. The van der Waals surface area contributed by atoms with Gasteiger partial charge in [0, 0.05) is 0 Å². The lowest BCUT2D eigenvalue weighted by molar-refractivity contribution is 0.266. The summed E-state index contributed by atoms with van der Waals surface area (Å²) >= 11 is 0. The van der Waals surface area contributed by atoms with Crippen molar-refractivity contribution in [2.24, 2.45) is 0 Å². The molecule has 0 aromatic heterocycles. The maximum absolute atomic E-state index is 13.5. The minimum Gasteiger partial charge on any atom is -0.508 e. The van der Waals surface area contributed by atoms with E-state index in [2.05, 4.69) is 0 Å². The Morgan fingerprint density at radius 2 is 1.53 bits per heavy atom. The maximum atomic E-state index is 13.5. The summed E-state index contributed by atoms with van der Waals surface area (Å²) in [5, 5.41) is 17.9. The first-order chi connectivity index (χ1) is 9.10. The quantitative estimate of drug-likeness (QED) is 0.894. The van der Waals surface area contributed by atoms with Crippen molar-refractivity contribution in [3.05, 3.63) is 59.2 Å². The van der Waals surface area contributed by atoms with Gasteiger partial charge in [-0.15, -0.1) is 0 Å². The molecule has 0 bridgehead atoms. The topological polar surface area (TPSA) is 49.7 Å². The standard InChI is InChI=1S/C14H12F2O3/c15-12-5-10(7-17)6-13(16)14(12)19-8-9-1-3-11(18)4-2-9/h1-6,17-18H,7-8H2. The summed E-state index contributed by atoms with van der Waals surface area (Å²) in [6.45, 7) is -0.460. The van der Waals surface area contributed by atoms with Crippen LogP contribution in [0.4, 0.5) is 8.78 Å². The number of halogens is 2. The molecular formula is C14H12F2O3. The summed E-state index contributed by atoms with van der Waals surface area (Å²) in [6, 6.07) is 8.14.